The third-order valence-electron chi connectivity index (χ3n) is 1.85. The summed E-state index contributed by atoms with van der Waals surface area (Å²) in [6.45, 7) is 5.32. The first-order valence-corrected chi connectivity index (χ1v) is 3.27. The summed E-state index contributed by atoms with van der Waals surface area (Å²) in [7, 11) is 1.37. The maximum Gasteiger partial charge on any atom is 0.312 e. The van der Waals surface area contributed by atoms with Crippen LogP contribution in [-0.4, -0.2) is 19.1 Å². The third kappa shape index (κ3) is 1.70. The second kappa shape index (κ2) is 3.01. The number of hydrogen-bond acceptors (Lipinski definition) is 3. The van der Waals surface area contributed by atoms with Gasteiger partial charge in [0.15, 0.2) is 0 Å². The molecule has 0 fully saturated rings. The fraction of sp³-hybridized carbons (Fsp3) is 0.857. The number of nitrogens with two attached hydrogens (primary N) is 1. The van der Waals surface area contributed by atoms with Crippen LogP contribution in [0, 0.1) is 5.41 Å². The van der Waals surface area contributed by atoms with Crippen molar-refractivity contribution in [1.82, 2.24) is 0 Å². The Hall–Kier alpha value is -0.570. The van der Waals surface area contributed by atoms with Gasteiger partial charge in [-0.1, -0.05) is 0 Å². The second-order valence-electron chi connectivity index (χ2n) is 3.00. The number of carbonyl (C=O) groups excluding carboxylic acids is 1. The van der Waals surface area contributed by atoms with Crippen molar-refractivity contribution in [2.75, 3.05) is 7.11 Å². The van der Waals surface area contributed by atoms with E-state index in [0.717, 1.165) is 0 Å². The van der Waals surface area contributed by atoms with Crippen molar-refractivity contribution in [3.05, 3.63) is 0 Å². The van der Waals surface area contributed by atoms with Gasteiger partial charge in [-0.25, -0.2) is 0 Å². The number of carbonyl (C=O) groups is 1. The third-order valence-corrected chi connectivity index (χ3v) is 1.85. The number of esters is 1. The lowest BCUT2D eigenvalue weighted by atomic mass is 9.86. The molecule has 0 unspecified atom stereocenters. The van der Waals surface area contributed by atoms with Gasteiger partial charge in [0.25, 0.3) is 0 Å². The molecule has 0 aliphatic heterocycles. The van der Waals surface area contributed by atoms with E-state index in [4.69, 9.17) is 5.73 Å². The molecule has 0 aliphatic rings. The van der Waals surface area contributed by atoms with E-state index >= 15 is 0 Å². The van der Waals surface area contributed by atoms with E-state index in [1.165, 1.54) is 7.11 Å². The van der Waals surface area contributed by atoms with Crippen LogP contribution in [0.1, 0.15) is 20.8 Å². The van der Waals surface area contributed by atoms with Crippen molar-refractivity contribution in [3.63, 3.8) is 0 Å². The predicted octanol–water partition coefficient (Wildman–Crippen LogP) is 0.533. The molecule has 0 aliphatic carbocycles. The molecule has 0 spiro atoms. The topological polar surface area (TPSA) is 52.3 Å². The SMILES string of the molecule is COC(=O)C(C)(C)[C@H](C)N. The minimum atomic E-state index is -0.575. The van der Waals surface area contributed by atoms with Crippen LogP contribution in [0.3, 0.4) is 0 Å². The molecule has 0 radical (unpaired) electrons. The molecule has 3 heteroatoms. The number of ether oxygens (including phenoxy) is 1. The Morgan fingerprint density at radius 2 is 2.00 bits per heavy atom. The van der Waals surface area contributed by atoms with Gasteiger partial charge in [-0.3, -0.25) is 4.79 Å². The first-order chi connectivity index (χ1) is 4.42. The zero-order valence-corrected chi connectivity index (χ0v) is 6.97. The fourth-order valence-electron chi connectivity index (χ4n) is 0.449. The van der Waals surface area contributed by atoms with Gasteiger partial charge in [0.05, 0.1) is 12.5 Å². The first kappa shape index (κ1) is 9.43. The molecule has 0 aromatic heterocycles. The number of hydrogen-bond donors (Lipinski definition) is 1. The molecular formula is C7H15NO2. The summed E-state index contributed by atoms with van der Waals surface area (Å²) in [5.41, 5.74) is 4.97. The molecule has 0 amide bonds. The Kier molecular flexibility index (Phi) is 2.84. The lowest BCUT2D eigenvalue weighted by Crippen LogP contribution is -2.41. The van der Waals surface area contributed by atoms with Gasteiger partial charge in [0.2, 0.25) is 0 Å². The molecule has 1 atom stereocenters. The molecule has 10 heavy (non-hydrogen) atoms. The van der Waals surface area contributed by atoms with Crippen LogP contribution >= 0.6 is 0 Å². The van der Waals surface area contributed by atoms with E-state index in [1.54, 1.807) is 20.8 Å². The highest BCUT2D eigenvalue weighted by molar-refractivity contribution is 5.76. The van der Waals surface area contributed by atoms with Crippen molar-refractivity contribution in [3.8, 4) is 0 Å². The molecule has 0 heterocycles. The molecule has 0 bridgehead atoms. The fourth-order valence-corrected chi connectivity index (χ4v) is 0.449. The van der Waals surface area contributed by atoms with Gasteiger partial charge >= 0.3 is 5.97 Å². The summed E-state index contributed by atoms with van der Waals surface area (Å²) in [5.74, 6) is -0.262. The maximum atomic E-state index is 11.0. The van der Waals surface area contributed by atoms with Crippen LogP contribution < -0.4 is 5.73 Å². The normalized spacial score (nSPS) is 14.5. The summed E-state index contributed by atoms with van der Waals surface area (Å²) < 4.78 is 4.56. The van der Waals surface area contributed by atoms with Gasteiger partial charge < -0.3 is 10.5 Å². The summed E-state index contributed by atoms with van der Waals surface area (Å²) in [5, 5.41) is 0. The molecule has 2 N–H and O–H groups in total. The molecule has 0 aromatic rings. The second-order valence-corrected chi connectivity index (χ2v) is 3.00. The summed E-state index contributed by atoms with van der Waals surface area (Å²) in [4.78, 5) is 11.0. The Bertz CT molecular complexity index is 130. The van der Waals surface area contributed by atoms with Crippen LogP contribution in [-0.2, 0) is 9.53 Å². The van der Waals surface area contributed by atoms with Crippen molar-refractivity contribution < 1.29 is 9.53 Å². The molecule has 3 nitrogen and oxygen atoms in total. The number of rotatable bonds is 2. The van der Waals surface area contributed by atoms with E-state index < -0.39 is 5.41 Å². The maximum absolute atomic E-state index is 11.0. The van der Waals surface area contributed by atoms with Gasteiger partial charge in [-0.05, 0) is 20.8 Å². The summed E-state index contributed by atoms with van der Waals surface area (Å²) in [6.07, 6.45) is 0. The van der Waals surface area contributed by atoms with Gasteiger partial charge in [-0.15, -0.1) is 0 Å². The van der Waals surface area contributed by atoms with Gasteiger partial charge in [0.1, 0.15) is 0 Å². The van der Waals surface area contributed by atoms with E-state index in [-0.39, 0.29) is 12.0 Å². The highest BCUT2D eigenvalue weighted by Crippen LogP contribution is 2.19. The molecule has 0 aromatic carbocycles. The molecule has 0 rings (SSSR count). The van der Waals surface area contributed by atoms with E-state index in [9.17, 15) is 4.79 Å². The zero-order chi connectivity index (χ0) is 8.36. The molecular weight excluding hydrogens is 130 g/mol. The zero-order valence-electron chi connectivity index (χ0n) is 6.97. The van der Waals surface area contributed by atoms with Crippen molar-refractivity contribution in [1.29, 1.82) is 0 Å². The van der Waals surface area contributed by atoms with E-state index in [1.807, 2.05) is 0 Å². The van der Waals surface area contributed by atoms with Crippen molar-refractivity contribution in [2.45, 2.75) is 26.8 Å². The standard InChI is InChI=1S/C7H15NO2/c1-5(8)7(2,3)6(9)10-4/h5H,8H2,1-4H3/t5-/m0/s1. The van der Waals surface area contributed by atoms with E-state index in [2.05, 4.69) is 4.74 Å². The monoisotopic (exact) mass is 145 g/mol. The molecule has 60 valence electrons. The minimum absolute atomic E-state index is 0.181. The molecule has 0 saturated heterocycles. The van der Waals surface area contributed by atoms with Crippen LogP contribution in [0.4, 0.5) is 0 Å². The Morgan fingerprint density at radius 3 is 2.10 bits per heavy atom. The lowest BCUT2D eigenvalue weighted by Gasteiger charge is -2.25. The Morgan fingerprint density at radius 1 is 1.60 bits per heavy atom. The van der Waals surface area contributed by atoms with Crippen LogP contribution in [0.5, 0.6) is 0 Å². The lowest BCUT2D eigenvalue weighted by molar-refractivity contribution is -0.151. The average molecular weight is 145 g/mol. The largest absolute Gasteiger partial charge is 0.469 e. The van der Waals surface area contributed by atoms with Crippen LogP contribution in [0.25, 0.3) is 0 Å². The quantitative estimate of drug-likeness (QED) is 0.577. The van der Waals surface area contributed by atoms with Crippen molar-refractivity contribution >= 4 is 5.97 Å². The van der Waals surface area contributed by atoms with Crippen LogP contribution in [0.2, 0.25) is 0 Å². The summed E-state index contributed by atoms with van der Waals surface area (Å²) >= 11 is 0. The Labute approximate surface area is 61.5 Å². The number of methoxy groups -OCH3 is 1. The average Bonchev–Trinajstić information content (AvgIpc) is 1.86. The molecule has 0 saturated carbocycles. The predicted molar refractivity (Wildman–Crippen MR) is 39.4 cm³/mol. The summed E-state index contributed by atoms with van der Waals surface area (Å²) in [6, 6.07) is -0.181. The minimum Gasteiger partial charge on any atom is -0.469 e. The highest BCUT2D eigenvalue weighted by Gasteiger charge is 2.32. The van der Waals surface area contributed by atoms with E-state index in [0.29, 0.717) is 0 Å². The highest BCUT2D eigenvalue weighted by atomic mass is 16.5. The Balaban J connectivity index is 4.24. The van der Waals surface area contributed by atoms with Crippen LogP contribution in [0.15, 0.2) is 0 Å². The smallest absolute Gasteiger partial charge is 0.312 e. The first-order valence-electron chi connectivity index (χ1n) is 3.27. The van der Waals surface area contributed by atoms with Gasteiger partial charge in [-0.2, -0.15) is 0 Å². The van der Waals surface area contributed by atoms with Crippen molar-refractivity contribution in [2.24, 2.45) is 11.1 Å². The van der Waals surface area contributed by atoms with Gasteiger partial charge in [0, 0.05) is 6.04 Å².